The van der Waals surface area contributed by atoms with Crippen LogP contribution in [0.25, 0.3) is 0 Å². The maximum Gasteiger partial charge on any atom is 0.125 e. The van der Waals surface area contributed by atoms with Crippen molar-refractivity contribution in [2.24, 2.45) is 0 Å². The highest BCUT2D eigenvalue weighted by molar-refractivity contribution is 5.37. The Bertz CT molecular complexity index is 468. The van der Waals surface area contributed by atoms with E-state index in [1.165, 1.54) is 0 Å². The lowest BCUT2D eigenvalue weighted by atomic mass is 10.3. The Hall–Kier alpha value is -2.17. The SMILES string of the molecule is COc1cccc(OCc2cn[nH]c2N)c1. The first kappa shape index (κ1) is 10.4. The molecule has 0 aliphatic rings. The topological polar surface area (TPSA) is 73.2 Å². The minimum absolute atomic E-state index is 0.384. The summed E-state index contributed by atoms with van der Waals surface area (Å²) in [6, 6.07) is 7.40. The lowest BCUT2D eigenvalue weighted by Gasteiger charge is -2.06. The third-order valence-electron chi connectivity index (χ3n) is 2.19. The van der Waals surface area contributed by atoms with Crippen molar-refractivity contribution < 1.29 is 9.47 Å². The van der Waals surface area contributed by atoms with E-state index in [4.69, 9.17) is 15.2 Å². The van der Waals surface area contributed by atoms with E-state index in [1.54, 1.807) is 13.3 Å². The van der Waals surface area contributed by atoms with Gasteiger partial charge in [0.1, 0.15) is 23.9 Å². The predicted octanol–water partition coefficient (Wildman–Crippen LogP) is 1.58. The number of nitrogens with one attached hydrogen (secondary N) is 1. The van der Waals surface area contributed by atoms with Crippen molar-refractivity contribution in [3.05, 3.63) is 36.0 Å². The van der Waals surface area contributed by atoms with Gasteiger partial charge in [-0.05, 0) is 12.1 Å². The van der Waals surface area contributed by atoms with Gasteiger partial charge in [0.15, 0.2) is 0 Å². The minimum Gasteiger partial charge on any atom is -0.497 e. The number of nitrogens with zero attached hydrogens (tertiary/aromatic N) is 1. The molecule has 2 rings (SSSR count). The van der Waals surface area contributed by atoms with E-state index < -0.39 is 0 Å². The van der Waals surface area contributed by atoms with Crippen molar-refractivity contribution >= 4 is 5.82 Å². The second-order valence-electron chi connectivity index (χ2n) is 3.28. The molecular formula is C11H13N3O2. The van der Waals surface area contributed by atoms with E-state index in [0.717, 1.165) is 17.1 Å². The summed E-state index contributed by atoms with van der Waals surface area (Å²) >= 11 is 0. The minimum atomic E-state index is 0.384. The molecule has 0 atom stereocenters. The summed E-state index contributed by atoms with van der Waals surface area (Å²) in [6.07, 6.45) is 1.65. The Morgan fingerprint density at radius 2 is 2.19 bits per heavy atom. The van der Waals surface area contributed by atoms with Crippen LogP contribution < -0.4 is 15.2 Å². The van der Waals surface area contributed by atoms with Crippen molar-refractivity contribution in [3.8, 4) is 11.5 Å². The molecule has 0 bridgehead atoms. The molecule has 5 nitrogen and oxygen atoms in total. The molecule has 0 spiro atoms. The van der Waals surface area contributed by atoms with Gasteiger partial charge in [-0.25, -0.2) is 0 Å². The van der Waals surface area contributed by atoms with Gasteiger partial charge in [0.25, 0.3) is 0 Å². The second kappa shape index (κ2) is 4.57. The summed E-state index contributed by atoms with van der Waals surface area (Å²) in [5.41, 5.74) is 6.47. The summed E-state index contributed by atoms with van der Waals surface area (Å²) in [7, 11) is 1.62. The first-order valence-electron chi connectivity index (χ1n) is 4.84. The van der Waals surface area contributed by atoms with E-state index in [2.05, 4.69) is 10.2 Å². The fourth-order valence-corrected chi connectivity index (χ4v) is 1.29. The molecule has 0 fully saturated rings. The molecule has 1 aromatic heterocycles. The lowest BCUT2D eigenvalue weighted by Crippen LogP contribution is -1.98. The third-order valence-corrected chi connectivity index (χ3v) is 2.19. The summed E-state index contributed by atoms with van der Waals surface area (Å²) in [5.74, 6) is 2.03. The number of hydrogen-bond donors (Lipinski definition) is 2. The van der Waals surface area contributed by atoms with Gasteiger partial charge in [-0.1, -0.05) is 6.07 Å². The smallest absolute Gasteiger partial charge is 0.125 e. The molecule has 2 aromatic rings. The highest BCUT2D eigenvalue weighted by Gasteiger charge is 2.02. The Kier molecular flexibility index (Phi) is 2.95. The summed E-state index contributed by atoms with van der Waals surface area (Å²) < 4.78 is 10.6. The van der Waals surface area contributed by atoms with Crippen LogP contribution in [0.2, 0.25) is 0 Å². The van der Waals surface area contributed by atoms with Crippen LogP contribution in [0, 0.1) is 0 Å². The zero-order chi connectivity index (χ0) is 11.4. The van der Waals surface area contributed by atoms with Gasteiger partial charge in [-0.3, -0.25) is 5.10 Å². The van der Waals surface area contributed by atoms with E-state index in [1.807, 2.05) is 24.3 Å². The van der Waals surface area contributed by atoms with Crippen molar-refractivity contribution in [2.45, 2.75) is 6.61 Å². The van der Waals surface area contributed by atoms with Crippen LogP contribution in [0.15, 0.2) is 30.5 Å². The molecule has 0 amide bonds. The molecular weight excluding hydrogens is 206 g/mol. The van der Waals surface area contributed by atoms with Crippen LogP contribution in [-0.2, 0) is 6.61 Å². The highest BCUT2D eigenvalue weighted by Crippen LogP contribution is 2.20. The number of benzene rings is 1. The number of aromatic nitrogens is 2. The number of aromatic amines is 1. The summed E-state index contributed by atoms with van der Waals surface area (Å²) in [6.45, 7) is 0.384. The maximum atomic E-state index is 5.64. The summed E-state index contributed by atoms with van der Waals surface area (Å²) in [5, 5.41) is 6.46. The molecule has 0 radical (unpaired) electrons. The number of hydrogen-bond acceptors (Lipinski definition) is 4. The quantitative estimate of drug-likeness (QED) is 0.818. The Morgan fingerprint density at radius 1 is 1.38 bits per heavy atom. The number of anilines is 1. The fraction of sp³-hybridized carbons (Fsp3) is 0.182. The molecule has 5 heteroatoms. The maximum absolute atomic E-state index is 5.64. The highest BCUT2D eigenvalue weighted by atomic mass is 16.5. The number of nitrogen functional groups attached to an aromatic ring is 1. The normalized spacial score (nSPS) is 10.1. The number of methoxy groups -OCH3 is 1. The van der Waals surface area contributed by atoms with Gasteiger partial charge in [-0.2, -0.15) is 5.10 Å². The molecule has 1 heterocycles. The predicted molar refractivity (Wildman–Crippen MR) is 60.3 cm³/mol. The van der Waals surface area contributed by atoms with Gasteiger partial charge in [-0.15, -0.1) is 0 Å². The van der Waals surface area contributed by atoms with Gasteiger partial charge < -0.3 is 15.2 Å². The number of rotatable bonds is 4. The molecule has 0 saturated heterocycles. The van der Waals surface area contributed by atoms with Crippen molar-refractivity contribution in [2.75, 3.05) is 12.8 Å². The van der Waals surface area contributed by atoms with Gasteiger partial charge in [0.2, 0.25) is 0 Å². The standard InChI is InChI=1S/C11H13N3O2/c1-15-9-3-2-4-10(5-9)16-7-8-6-13-14-11(8)12/h2-6H,7H2,1H3,(H3,12,13,14). The molecule has 84 valence electrons. The Balaban J connectivity index is 2.02. The van der Waals surface area contributed by atoms with Crippen LogP contribution in [-0.4, -0.2) is 17.3 Å². The second-order valence-corrected chi connectivity index (χ2v) is 3.28. The molecule has 3 N–H and O–H groups in total. The summed E-state index contributed by atoms with van der Waals surface area (Å²) in [4.78, 5) is 0. The number of nitrogens with two attached hydrogens (primary N) is 1. The fourth-order valence-electron chi connectivity index (χ4n) is 1.29. The van der Waals surface area contributed by atoms with Crippen LogP contribution in [0.1, 0.15) is 5.56 Å². The first-order chi connectivity index (χ1) is 7.79. The van der Waals surface area contributed by atoms with Crippen LogP contribution in [0.4, 0.5) is 5.82 Å². The van der Waals surface area contributed by atoms with Crippen LogP contribution in [0.3, 0.4) is 0 Å². The third kappa shape index (κ3) is 2.25. The van der Waals surface area contributed by atoms with E-state index in [9.17, 15) is 0 Å². The van der Waals surface area contributed by atoms with Crippen molar-refractivity contribution in [3.63, 3.8) is 0 Å². The molecule has 0 unspecified atom stereocenters. The van der Waals surface area contributed by atoms with Crippen molar-refractivity contribution in [1.29, 1.82) is 0 Å². The van der Waals surface area contributed by atoms with Crippen molar-refractivity contribution in [1.82, 2.24) is 10.2 Å². The zero-order valence-corrected chi connectivity index (χ0v) is 8.93. The van der Waals surface area contributed by atoms with Gasteiger partial charge >= 0.3 is 0 Å². The average Bonchev–Trinajstić information content (AvgIpc) is 2.72. The number of H-pyrrole nitrogens is 1. The van der Waals surface area contributed by atoms with E-state index >= 15 is 0 Å². The van der Waals surface area contributed by atoms with Crippen LogP contribution in [0.5, 0.6) is 11.5 Å². The van der Waals surface area contributed by atoms with E-state index in [0.29, 0.717) is 12.4 Å². The lowest BCUT2D eigenvalue weighted by molar-refractivity contribution is 0.304. The van der Waals surface area contributed by atoms with Crippen LogP contribution >= 0.6 is 0 Å². The largest absolute Gasteiger partial charge is 0.497 e. The Labute approximate surface area is 93.2 Å². The molecule has 0 aliphatic carbocycles. The van der Waals surface area contributed by atoms with Gasteiger partial charge in [0, 0.05) is 6.07 Å². The average molecular weight is 219 g/mol. The monoisotopic (exact) mass is 219 g/mol. The number of ether oxygens (including phenoxy) is 2. The molecule has 1 aromatic carbocycles. The molecule has 16 heavy (non-hydrogen) atoms. The first-order valence-corrected chi connectivity index (χ1v) is 4.84. The molecule has 0 saturated carbocycles. The molecule has 0 aliphatic heterocycles. The zero-order valence-electron chi connectivity index (χ0n) is 8.93. The Morgan fingerprint density at radius 3 is 2.88 bits per heavy atom. The van der Waals surface area contributed by atoms with Gasteiger partial charge in [0.05, 0.1) is 18.9 Å². The van der Waals surface area contributed by atoms with E-state index in [-0.39, 0.29) is 0 Å².